The number of thiophene rings is 1. The van der Waals surface area contributed by atoms with Crippen molar-refractivity contribution in [2.75, 3.05) is 6.61 Å². The van der Waals surface area contributed by atoms with E-state index in [1.165, 1.54) is 20.2 Å². The fourth-order valence-electron chi connectivity index (χ4n) is 1.96. The Morgan fingerprint density at radius 2 is 1.81 bits per heavy atom. The van der Waals surface area contributed by atoms with Crippen molar-refractivity contribution < 1.29 is 4.74 Å². The minimum atomic E-state index is 0.716. The molecule has 0 aliphatic heterocycles. The van der Waals surface area contributed by atoms with Crippen molar-refractivity contribution in [2.45, 2.75) is 6.92 Å². The minimum Gasteiger partial charge on any atom is -0.494 e. The zero-order valence-corrected chi connectivity index (χ0v) is 9.88. The Morgan fingerprint density at radius 1 is 1.00 bits per heavy atom. The molecule has 0 saturated heterocycles. The molecule has 3 rings (SSSR count). The first-order chi connectivity index (χ1) is 7.88. The first-order valence-corrected chi connectivity index (χ1v) is 6.24. The van der Waals surface area contributed by atoms with Gasteiger partial charge in [-0.25, -0.2) is 0 Å². The number of ether oxygens (including phenoxy) is 1. The summed E-state index contributed by atoms with van der Waals surface area (Å²) in [5.74, 6) is 0.957. The van der Waals surface area contributed by atoms with Gasteiger partial charge < -0.3 is 4.74 Å². The molecule has 0 aliphatic carbocycles. The average Bonchev–Trinajstić information content (AvgIpc) is 2.68. The lowest BCUT2D eigenvalue weighted by Crippen LogP contribution is -1.89. The molecule has 2 heteroatoms. The number of hydrogen-bond acceptors (Lipinski definition) is 2. The second-order valence-electron chi connectivity index (χ2n) is 3.69. The smallest absolute Gasteiger partial charge is 0.119 e. The third-order valence-corrected chi connectivity index (χ3v) is 3.81. The summed E-state index contributed by atoms with van der Waals surface area (Å²) in [5, 5.41) is 2.62. The Bertz CT molecular complexity index is 639. The predicted octanol–water partition coefficient (Wildman–Crippen LogP) is 4.45. The molecule has 1 heterocycles. The Morgan fingerprint density at radius 3 is 2.69 bits per heavy atom. The number of hydrogen-bond donors (Lipinski definition) is 0. The Hall–Kier alpha value is -1.54. The van der Waals surface area contributed by atoms with Crippen LogP contribution < -0.4 is 4.74 Å². The van der Waals surface area contributed by atoms with Gasteiger partial charge in [0.15, 0.2) is 0 Å². The van der Waals surface area contributed by atoms with E-state index in [1.54, 1.807) is 0 Å². The standard InChI is InChI=1S/C14H12OS/c1-2-15-10-7-8-14-12(9-10)11-5-3-4-6-13(11)16-14/h3-9H,2H2,1H3. The lowest BCUT2D eigenvalue weighted by molar-refractivity contribution is 0.341. The van der Waals surface area contributed by atoms with E-state index in [-0.39, 0.29) is 0 Å². The van der Waals surface area contributed by atoms with Crippen LogP contribution in [-0.2, 0) is 0 Å². The zero-order valence-electron chi connectivity index (χ0n) is 9.07. The van der Waals surface area contributed by atoms with Gasteiger partial charge in [-0.2, -0.15) is 0 Å². The van der Waals surface area contributed by atoms with Crippen LogP contribution in [0.25, 0.3) is 20.2 Å². The van der Waals surface area contributed by atoms with Gasteiger partial charge >= 0.3 is 0 Å². The highest BCUT2D eigenvalue weighted by atomic mass is 32.1. The molecular formula is C14H12OS. The van der Waals surface area contributed by atoms with Crippen molar-refractivity contribution >= 4 is 31.5 Å². The molecular weight excluding hydrogens is 216 g/mol. The summed E-state index contributed by atoms with van der Waals surface area (Å²) >= 11 is 1.83. The summed E-state index contributed by atoms with van der Waals surface area (Å²) in [6, 6.07) is 14.8. The molecule has 1 aromatic heterocycles. The topological polar surface area (TPSA) is 9.23 Å². The minimum absolute atomic E-state index is 0.716. The lowest BCUT2D eigenvalue weighted by atomic mass is 10.1. The Labute approximate surface area is 98.3 Å². The largest absolute Gasteiger partial charge is 0.494 e. The molecule has 0 aliphatic rings. The molecule has 0 radical (unpaired) electrons. The van der Waals surface area contributed by atoms with E-state index in [0.717, 1.165) is 5.75 Å². The van der Waals surface area contributed by atoms with E-state index in [1.807, 2.05) is 24.3 Å². The number of rotatable bonds is 2. The number of benzene rings is 2. The van der Waals surface area contributed by atoms with Crippen molar-refractivity contribution in [3.05, 3.63) is 42.5 Å². The molecule has 0 unspecified atom stereocenters. The van der Waals surface area contributed by atoms with Gasteiger partial charge in [0.25, 0.3) is 0 Å². The van der Waals surface area contributed by atoms with Gasteiger partial charge in [0.05, 0.1) is 6.61 Å². The SMILES string of the molecule is CCOc1ccc2sc3ccccc3c2c1. The Balaban J connectivity index is 2.31. The fourth-order valence-corrected chi connectivity index (χ4v) is 3.05. The molecule has 0 saturated carbocycles. The second-order valence-corrected chi connectivity index (χ2v) is 4.77. The van der Waals surface area contributed by atoms with Crippen LogP contribution >= 0.6 is 11.3 Å². The van der Waals surface area contributed by atoms with Crippen molar-refractivity contribution in [1.82, 2.24) is 0 Å². The van der Waals surface area contributed by atoms with Gasteiger partial charge in [0.2, 0.25) is 0 Å². The maximum Gasteiger partial charge on any atom is 0.119 e. The molecule has 3 aromatic rings. The van der Waals surface area contributed by atoms with Crippen LogP contribution in [0.5, 0.6) is 5.75 Å². The summed E-state index contributed by atoms with van der Waals surface area (Å²) in [6.45, 7) is 2.73. The van der Waals surface area contributed by atoms with Crippen LogP contribution in [0, 0.1) is 0 Å². The molecule has 0 N–H and O–H groups in total. The molecule has 0 amide bonds. The first-order valence-electron chi connectivity index (χ1n) is 5.42. The van der Waals surface area contributed by atoms with Crippen LogP contribution in [-0.4, -0.2) is 6.61 Å². The van der Waals surface area contributed by atoms with Crippen LogP contribution in [0.4, 0.5) is 0 Å². The first kappa shape index (κ1) is 9.67. The Kier molecular flexibility index (Phi) is 2.29. The van der Waals surface area contributed by atoms with E-state index in [4.69, 9.17) is 4.74 Å². The maximum absolute atomic E-state index is 5.54. The molecule has 80 valence electrons. The van der Waals surface area contributed by atoms with Gasteiger partial charge in [-0.15, -0.1) is 11.3 Å². The normalized spacial score (nSPS) is 11.1. The van der Waals surface area contributed by atoms with Crippen LogP contribution in [0.15, 0.2) is 42.5 Å². The monoisotopic (exact) mass is 228 g/mol. The second kappa shape index (κ2) is 3.80. The quantitative estimate of drug-likeness (QED) is 0.629. The summed E-state index contributed by atoms with van der Waals surface area (Å²) in [4.78, 5) is 0. The van der Waals surface area contributed by atoms with Gasteiger partial charge in [-0.05, 0) is 31.2 Å². The van der Waals surface area contributed by atoms with E-state index in [9.17, 15) is 0 Å². The van der Waals surface area contributed by atoms with Crippen LogP contribution in [0.1, 0.15) is 6.92 Å². The highest BCUT2D eigenvalue weighted by Crippen LogP contribution is 2.35. The molecule has 16 heavy (non-hydrogen) atoms. The van der Waals surface area contributed by atoms with Crippen molar-refractivity contribution in [1.29, 1.82) is 0 Å². The van der Waals surface area contributed by atoms with Gasteiger partial charge in [0, 0.05) is 20.2 Å². The van der Waals surface area contributed by atoms with Gasteiger partial charge in [0.1, 0.15) is 5.75 Å². The zero-order chi connectivity index (χ0) is 11.0. The van der Waals surface area contributed by atoms with Crippen LogP contribution in [0.3, 0.4) is 0 Å². The van der Waals surface area contributed by atoms with E-state index in [2.05, 4.69) is 36.4 Å². The van der Waals surface area contributed by atoms with Crippen LogP contribution in [0.2, 0.25) is 0 Å². The molecule has 0 fully saturated rings. The average molecular weight is 228 g/mol. The van der Waals surface area contributed by atoms with Crippen molar-refractivity contribution in [2.24, 2.45) is 0 Å². The van der Waals surface area contributed by atoms with Gasteiger partial charge in [-0.3, -0.25) is 0 Å². The highest BCUT2D eigenvalue weighted by Gasteiger charge is 2.04. The fraction of sp³-hybridized carbons (Fsp3) is 0.143. The maximum atomic E-state index is 5.54. The summed E-state index contributed by atoms with van der Waals surface area (Å²) in [7, 11) is 0. The lowest BCUT2D eigenvalue weighted by Gasteiger charge is -2.02. The predicted molar refractivity (Wildman–Crippen MR) is 70.5 cm³/mol. The molecule has 0 bridgehead atoms. The molecule has 1 nitrogen and oxygen atoms in total. The summed E-state index contributed by atoms with van der Waals surface area (Å²) in [6.07, 6.45) is 0. The van der Waals surface area contributed by atoms with Gasteiger partial charge in [-0.1, -0.05) is 18.2 Å². The van der Waals surface area contributed by atoms with E-state index >= 15 is 0 Å². The summed E-state index contributed by atoms with van der Waals surface area (Å²) < 4.78 is 8.20. The molecule has 0 atom stereocenters. The van der Waals surface area contributed by atoms with Crippen molar-refractivity contribution in [3.8, 4) is 5.75 Å². The highest BCUT2D eigenvalue weighted by molar-refractivity contribution is 7.25. The third-order valence-electron chi connectivity index (χ3n) is 2.66. The van der Waals surface area contributed by atoms with E-state index in [0.29, 0.717) is 6.61 Å². The molecule has 0 spiro atoms. The molecule has 2 aromatic carbocycles. The summed E-state index contributed by atoms with van der Waals surface area (Å²) in [5.41, 5.74) is 0. The van der Waals surface area contributed by atoms with E-state index < -0.39 is 0 Å². The third kappa shape index (κ3) is 1.46. The van der Waals surface area contributed by atoms with Crippen molar-refractivity contribution in [3.63, 3.8) is 0 Å². The number of fused-ring (bicyclic) bond motifs is 3.